The fraction of sp³-hybridized carbons (Fsp3) is 0.455. The Morgan fingerprint density at radius 2 is 2.21 bits per heavy atom. The summed E-state index contributed by atoms with van der Waals surface area (Å²) in [7, 11) is 1.62. The van der Waals surface area contributed by atoms with E-state index in [-0.39, 0.29) is 11.6 Å². The van der Waals surface area contributed by atoms with Crippen LogP contribution in [0.15, 0.2) is 23.0 Å². The van der Waals surface area contributed by atoms with E-state index in [9.17, 15) is 4.79 Å². The molecule has 1 aromatic carbocycles. The highest BCUT2D eigenvalue weighted by Gasteiger charge is 2.23. The van der Waals surface area contributed by atoms with E-state index >= 15 is 0 Å². The lowest BCUT2D eigenvalue weighted by atomic mass is 9.89. The van der Waals surface area contributed by atoms with Crippen molar-refractivity contribution in [1.82, 2.24) is 9.97 Å². The summed E-state index contributed by atoms with van der Waals surface area (Å²) in [5.41, 5.74) is 2.05. The molecule has 2 heterocycles. The molecule has 0 saturated heterocycles. The van der Waals surface area contributed by atoms with Gasteiger partial charge in [0, 0.05) is 16.6 Å². The van der Waals surface area contributed by atoms with E-state index in [1.54, 1.807) is 18.4 Å². The molecule has 2 atom stereocenters. The monoisotopic (exact) mass is 413 g/mol. The minimum Gasteiger partial charge on any atom is -0.493 e. The number of aromatic amines is 1. The number of nitrogens with one attached hydrogen (secondary N) is 2. The van der Waals surface area contributed by atoms with Crippen LogP contribution in [0.3, 0.4) is 0 Å². The summed E-state index contributed by atoms with van der Waals surface area (Å²) in [6.07, 6.45) is 3.16. The van der Waals surface area contributed by atoms with Gasteiger partial charge in [0.25, 0.3) is 5.56 Å². The molecule has 154 valence electrons. The zero-order chi connectivity index (χ0) is 20.5. The lowest BCUT2D eigenvalue weighted by molar-refractivity contribution is 0.311. The van der Waals surface area contributed by atoms with E-state index in [1.807, 2.05) is 32.0 Å². The van der Waals surface area contributed by atoms with Gasteiger partial charge in [-0.3, -0.25) is 4.79 Å². The van der Waals surface area contributed by atoms with Crippen LogP contribution in [0.4, 0.5) is 5.69 Å². The van der Waals surface area contributed by atoms with E-state index in [2.05, 4.69) is 17.2 Å². The SMILES string of the molecule is CCOc1ccc(N[C@@H](C)c2nc3sc4c(c3c(=O)[nH]2)CC[C@@H](C)C4)cc1OC. The standard InChI is InChI=1S/C22H27N3O3S/c1-5-28-16-9-7-14(11-17(16)27-4)23-13(3)20-24-21(26)19-15-8-6-12(2)10-18(15)29-22(19)25-20/h7,9,11-13,23H,5-6,8,10H2,1-4H3,(H,24,25,26)/t12-,13+/m1/s1. The van der Waals surface area contributed by atoms with Gasteiger partial charge >= 0.3 is 0 Å². The molecule has 2 aromatic heterocycles. The molecule has 0 aliphatic heterocycles. The molecular formula is C22H27N3O3S. The number of hydrogen-bond donors (Lipinski definition) is 2. The third kappa shape index (κ3) is 3.83. The maximum absolute atomic E-state index is 12.8. The fourth-order valence-corrected chi connectivity index (χ4v) is 5.31. The van der Waals surface area contributed by atoms with E-state index in [4.69, 9.17) is 14.5 Å². The van der Waals surface area contributed by atoms with Crippen molar-refractivity contribution in [1.29, 1.82) is 0 Å². The van der Waals surface area contributed by atoms with Crippen molar-refractivity contribution in [2.75, 3.05) is 19.0 Å². The highest BCUT2D eigenvalue weighted by Crippen LogP contribution is 2.36. The van der Waals surface area contributed by atoms with Gasteiger partial charge in [-0.25, -0.2) is 4.98 Å². The summed E-state index contributed by atoms with van der Waals surface area (Å²) in [6, 6.07) is 5.55. The number of rotatable bonds is 6. The molecule has 0 radical (unpaired) electrons. The van der Waals surface area contributed by atoms with Crippen molar-refractivity contribution in [3.05, 3.63) is 44.8 Å². The Morgan fingerprint density at radius 1 is 1.38 bits per heavy atom. The topological polar surface area (TPSA) is 76.2 Å². The van der Waals surface area contributed by atoms with Crippen LogP contribution >= 0.6 is 11.3 Å². The van der Waals surface area contributed by atoms with Gasteiger partial charge < -0.3 is 19.8 Å². The zero-order valence-corrected chi connectivity index (χ0v) is 18.1. The van der Waals surface area contributed by atoms with Crippen LogP contribution in [0.25, 0.3) is 10.2 Å². The predicted molar refractivity (Wildman–Crippen MR) is 118 cm³/mol. The summed E-state index contributed by atoms with van der Waals surface area (Å²) < 4.78 is 11.0. The van der Waals surface area contributed by atoms with Crippen LogP contribution in [-0.4, -0.2) is 23.7 Å². The van der Waals surface area contributed by atoms with Crippen LogP contribution in [0, 0.1) is 5.92 Å². The molecule has 0 fully saturated rings. The molecule has 0 bridgehead atoms. The Bertz CT molecular complexity index is 1090. The smallest absolute Gasteiger partial charge is 0.259 e. The van der Waals surface area contributed by atoms with Gasteiger partial charge in [0.2, 0.25) is 0 Å². The number of anilines is 1. The fourth-order valence-electron chi connectivity index (χ4n) is 3.92. The van der Waals surface area contributed by atoms with Crippen LogP contribution in [-0.2, 0) is 12.8 Å². The van der Waals surface area contributed by atoms with Crippen molar-refractivity contribution < 1.29 is 9.47 Å². The Kier molecular flexibility index (Phi) is 5.50. The van der Waals surface area contributed by atoms with Gasteiger partial charge in [-0.05, 0) is 56.7 Å². The molecule has 7 heteroatoms. The highest BCUT2D eigenvalue weighted by atomic mass is 32.1. The second-order valence-corrected chi connectivity index (χ2v) is 8.73. The summed E-state index contributed by atoms with van der Waals surface area (Å²) >= 11 is 1.67. The number of fused-ring (bicyclic) bond motifs is 3. The van der Waals surface area contributed by atoms with E-state index in [1.165, 1.54) is 10.4 Å². The van der Waals surface area contributed by atoms with Crippen molar-refractivity contribution in [3.63, 3.8) is 0 Å². The van der Waals surface area contributed by atoms with Crippen LogP contribution in [0.1, 0.15) is 49.5 Å². The number of aromatic nitrogens is 2. The second-order valence-electron chi connectivity index (χ2n) is 7.65. The van der Waals surface area contributed by atoms with Crippen LogP contribution in [0.2, 0.25) is 0 Å². The highest BCUT2D eigenvalue weighted by molar-refractivity contribution is 7.18. The third-order valence-corrected chi connectivity index (χ3v) is 6.59. The number of ether oxygens (including phenoxy) is 2. The molecule has 4 rings (SSSR count). The number of nitrogens with zero attached hydrogens (tertiary/aromatic N) is 1. The molecular weight excluding hydrogens is 386 g/mol. The number of benzene rings is 1. The first-order valence-electron chi connectivity index (χ1n) is 10.1. The predicted octanol–water partition coefficient (Wildman–Crippen LogP) is 4.69. The van der Waals surface area contributed by atoms with Gasteiger partial charge in [-0.2, -0.15) is 0 Å². The number of aryl methyl sites for hydroxylation is 1. The zero-order valence-electron chi connectivity index (χ0n) is 17.3. The van der Waals surface area contributed by atoms with Gasteiger partial charge in [0.05, 0.1) is 25.1 Å². The van der Waals surface area contributed by atoms with Crippen LogP contribution in [0.5, 0.6) is 11.5 Å². The first kappa shape index (κ1) is 19.8. The molecule has 0 saturated carbocycles. The molecule has 1 aliphatic carbocycles. The average Bonchev–Trinajstić information content (AvgIpc) is 3.07. The largest absolute Gasteiger partial charge is 0.493 e. The Morgan fingerprint density at radius 3 is 2.97 bits per heavy atom. The molecule has 6 nitrogen and oxygen atoms in total. The van der Waals surface area contributed by atoms with Crippen LogP contribution < -0.4 is 20.3 Å². The number of methoxy groups -OCH3 is 1. The lowest BCUT2D eigenvalue weighted by Gasteiger charge is -2.17. The van der Waals surface area contributed by atoms with Gasteiger partial charge in [0.1, 0.15) is 10.7 Å². The Hall–Kier alpha value is -2.54. The summed E-state index contributed by atoms with van der Waals surface area (Å²) in [6.45, 7) is 6.78. The van der Waals surface area contributed by atoms with Crippen molar-refractivity contribution in [2.45, 2.75) is 46.1 Å². The maximum atomic E-state index is 12.8. The third-order valence-electron chi connectivity index (χ3n) is 5.44. The number of hydrogen-bond acceptors (Lipinski definition) is 6. The lowest BCUT2D eigenvalue weighted by Crippen LogP contribution is -2.18. The first-order valence-corrected chi connectivity index (χ1v) is 10.9. The molecule has 0 amide bonds. The van der Waals surface area contributed by atoms with E-state index in [0.29, 0.717) is 29.8 Å². The first-order chi connectivity index (χ1) is 14.0. The average molecular weight is 414 g/mol. The van der Waals surface area contributed by atoms with Crippen molar-refractivity contribution in [2.24, 2.45) is 5.92 Å². The second kappa shape index (κ2) is 8.06. The summed E-state index contributed by atoms with van der Waals surface area (Å²) in [4.78, 5) is 22.8. The minimum atomic E-state index is -0.159. The Balaban J connectivity index is 1.62. The molecule has 0 unspecified atom stereocenters. The summed E-state index contributed by atoms with van der Waals surface area (Å²) in [5.74, 6) is 2.69. The normalized spacial score (nSPS) is 17.0. The number of H-pyrrole nitrogens is 1. The maximum Gasteiger partial charge on any atom is 0.259 e. The number of thiophene rings is 1. The van der Waals surface area contributed by atoms with E-state index in [0.717, 1.165) is 35.2 Å². The molecule has 0 spiro atoms. The van der Waals surface area contributed by atoms with Gasteiger partial charge in [-0.1, -0.05) is 6.92 Å². The molecule has 2 N–H and O–H groups in total. The van der Waals surface area contributed by atoms with Gasteiger partial charge in [-0.15, -0.1) is 11.3 Å². The van der Waals surface area contributed by atoms with Crippen molar-refractivity contribution in [3.8, 4) is 11.5 Å². The van der Waals surface area contributed by atoms with Gasteiger partial charge in [0.15, 0.2) is 11.5 Å². The molecule has 3 aromatic rings. The quantitative estimate of drug-likeness (QED) is 0.613. The summed E-state index contributed by atoms with van der Waals surface area (Å²) in [5, 5.41) is 4.19. The van der Waals surface area contributed by atoms with E-state index < -0.39 is 0 Å². The minimum absolute atomic E-state index is 0.0324. The molecule has 29 heavy (non-hydrogen) atoms. The Labute approximate surface area is 174 Å². The van der Waals surface area contributed by atoms with Crippen molar-refractivity contribution >= 4 is 27.2 Å². The molecule has 1 aliphatic rings.